The molecule has 1 amide bonds. The van der Waals surface area contributed by atoms with Crippen LogP contribution in [-0.4, -0.2) is 47.7 Å². The molecule has 1 saturated heterocycles. The molecule has 0 radical (unpaired) electrons. The molecule has 1 aliphatic heterocycles. The number of hydrogen-bond donors (Lipinski definition) is 1. The minimum Gasteiger partial charge on any atom is -0.481 e. The number of benzene rings is 1. The summed E-state index contributed by atoms with van der Waals surface area (Å²) in [5.41, 5.74) is 0.325. The third-order valence-electron chi connectivity index (χ3n) is 3.79. The molecule has 2 rings (SSSR count). The summed E-state index contributed by atoms with van der Waals surface area (Å²) in [4.78, 5) is 24.8. The van der Waals surface area contributed by atoms with Gasteiger partial charge in [-0.15, -0.1) is 0 Å². The Bertz CT molecular complexity index is 582. The second-order valence-electron chi connectivity index (χ2n) is 5.37. The normalized spacial score (nSPS) is 15.7. The Hall–Kier alpha value is -2.21. The van der Waals surface area contributed by atoms with E-state index in [1.165, 1.54) is 18.2 Å². The highest BCUT2D eigenvalue weighted by Gasteiger charge is 2.24. The van der Waals surface area contributed by atoms with Crippen LogP contribution >= 0.6 is 0 Å². The molecule has 0 saturated carbocycles. The molecular formula is C17H20FNO4. The van der Waals surface area contributed by atoms with Crippen molar-refractivity contribution in [2.24, 2.45) is 0 Å². The zero-order valence-electron chi connectivity index (χ0n) is 12.8. The van der Waals surface area contributed by atoms with Crippen LogP contribution in [0.4, 0.5) is 4.39 Å². The maximum Gasteiger partial charge on any atom is 0.305 e. The van der Waals surface area contributed by atoms with Gasteiger partial charge in [-0.25, -0.2) is 4.39 Å². The Balaban J connectivity index is 2.08. The van der Waals surface area contributed by atoms with Gasteiger partial charge in [0.1, 0.15) is 5.82 Å². The van der Waals surface area contributed by atoms with Crippen molar-refractivity contribution < 1.29 is 23.8 Å². The van der Waals surface area contributed by atoms with Crippen LogP contribution in [0.15, 0.2) is 30.3 Å². The number of rotatable bonds is 6. The maximum absolute atomic E-state index is 13.6. The lowest BCUT2D eigenvalue weighted by Gasteiger charge is -2.33. The summed E-state index contributed by atoms with van der Waals surface area (Å²) in [6, 6.07) is 6.13. The number of amides is 1. The predicted octanol–water partition coefficient (Wildman–Crippen LogP) is 2.32. The molecule has 0 unspecified atom stereocenters. The first-order valence-electron chi connectivity index (χ1n) is 7.60. The molecule has 124 valence electrons. The van der Waals surface area contributed by atoms with Gasteiger partial charge in [0.05, 0.1) is 6.42 Å². The summed E-state index contributed by atoms with van der Waals surface area (Å²) in [6.45, 7) is 1.25. The summed E-state index contributed by atoms with van der Waals surface area (Å²) < 4.78 is 18.9. The molecule has 1 fully saturated rings. The predicted molar refractivity (Wildman–Crippen MR) is 83.2 cm³/mol. The fourth-order valence-corrected chi connectivity index (χ4v) is 2.55. The highest BCUT2D eigenvalue weighted by molar-refractivity contribution is 5.92. The topological polar surface area (TPSA) is 66.8 Å². The Labute approximate surface area is 134 Å². The van der Waals surface area contributed by atoms with Gasteiger partial charge in [-0.1, -0.05) is 18.2 Å². The number of hydrogen-bond acceptors (Lipinski definition) is 3. The van der Waals surface area contributed by atoms with E-state index in [1.54, 1.807) is 23.1 Å². The van der Waals surface area contributed by atoms with Crippen molar-refractivity contribution in [3.05, 3.63) is 41.7 Å². The van der Waals surface area contributed by atoms with Gasteiger partial charge in [0.25, 0.3) is 0 Å². The first-order valence-corrected chi connectivity index (χ1v) is 7.60. The number of carboxylic acid groups (broad SMARTS) is 1. The van der Waals surface area contributed by atoms with Crippen molar-refractivity contribution >= 4 is 18.0 Å². The van der Waals surface area contributed by atoms with Gasteiger partial charge in [-0.3, -0.25) is 9.59 Å². The second-order valence-corrected chi connectivity index (χ2v) is 5.37. The van der Waals surface area contributed by atoms with E-state index in [0.29, 0.717) is 31.6 Å². The molecule has 1 aromatic rings. The van der Waals surface area contributed by atoms with Crippen LogP contribution in [0, 0.1) is 5.82 Å². The lowest BCUT2D eigenvalue weighted by atomic mass is 10.1. The molecular weight excluding hydrogens is 301 g/mol. The van der Waals surface area contributed by atoms with Gasteiger partial charge in [0.2, 0.25) is 5.91 Å². The number of ether oxygens (including phenoxy) is 1. The number of aliphatic carboxylic acids is 1. The minimum atomic E-state index is -0.951. The van der Waals surface area contributed by atoms with E-state index in [0.717, 1.165) is 0 Å². The van der Waals surface area contributed by atoms with E-state index in [1.807, 2.05) is 0 Å². The Morgan fingerprint density at radius 1 is 1.30 bits per heavy atom. The molecule has 0 bridgehead atoms. The van der Waals surface area contributed by atoms with E-state index in [2.05, 4.69) is 0 Å². The van der Waals surface area contributed by atoms with Crippen molar-refractivity contribution in [3.8, 4) is 0 Å². The van der Waals surface area contributed by atoms with Crippen LogP contribution in [0.5, 0.6) is 0 Å². The molecule has 1 aromatic carbocycles. The van der Waals surface area contributed by atoms with Crippen molar-refractivity contribution in [2.45, 2.75) is 25.3 Å². The van der Waals surface area contributed by atoms with Gasteiger partial charge in [-0.05, 0) is 25.0 Å². The maximum atomic E-state index is 13.6. The fourth-order valence-electron chi connectivity index (χ4n) is 2.55. The molecule has 1 heterocycles. The third-order valence-corrected chi connectivity index (χ3v) is 3.79. The average molecular weight is 321 g/mol. The molecule has 23 heavy (non-hydrogen) atoms. The van der Waals surface area contributed by atoms with Gasteiger partial charge in [0, 0.05) is 37.4 Å². The molecule has 1 N–H and O–H groups in total. The highest BCUT2D eigenvalue weighted by Crippen LogP contribution is 2.16. The molecule has 0 atom stereocenters. The summed E-state index contributed by atoms with van der Waals surface area (Å²) in [5.74, 6) is -1.66. The second kappa shape index (κ2) is 8.43. The first-order chi connectivity index (χ1) is 11.1. The Morgan fingerprint density at radius 3 is 2.65 bits per heavy atom. The summed E-state index contributed by atoms with van der Waals surface area (Å²) in [7, 11) is 0. The fraction of sp³-hybridized carbons (Fsp3) is 0.412. The Kier molecular flexibility index (Phi) is 6.29. The molecule has 1 aliphatic rings. The number of carbonyl (C=O) groups is 2. The summed E-state index contributed by atoms with van der Waals surface area (Å²) >= 11 is 0. The first kappa shape index (κ1) is 17.1. The van der Waals surface area contributed by atoms with Crippen molar-refractivity contribution in [1.82, 2.24) is 4.90 Å². The quantitative estimate of drug-likeness (QED) is 0.817. The molecule has 0 spiro atoms. The van der Waals surface area contributed by atoms with Crippen molar-refractivity contribution in [1.29, 1.82) is 0 Å². The van der Waals surface area contributed by atoms with Gasteiger partial charge in [-0.2, -0.15) is 0 Å². The van der Waals surface area contributed by atoms with Crippen molar-refractivity contribution in [3.63, 3.8) is 0 Å². The van der Waals surface area contributed by atoms with Gasteiger partial charge in [0.15, 0.2) is 0 Å². The SMILES string of the molecule is O=C(O)CCN(C(=O)/C=C/c1ccccc1F)C1CCOCC1. The van der Waals surface area contributed by atoms with E-state index in [-0.39, 0.29) is 24.9 Å². The minimum absolute atomic E-state index is 0.0409. The number of halogens is 1. The van der Waals surface area contributed by atoms with Crippen LogP contribution in [0.3, 0.4) is 0 Å². The van der Waals surface area contributed by atoms with Gasteiger partial charge < -0.3 is 14.7 Å². The third kappa shape index (κ3) is 5.17. The monoisotopic (exact) mass is 321 g/mol. The van der Waals surface area contributed by atoms with E-state index in [9.17, 15) is 14.0 Å². The van der Waals surface area contributed by atoms with Crippen LogP contribution in [0.1, 0.15) is 24.8 Å². The summed E-state index contributed by atoms with van der Waals surface area (Å²) in [5, 5.41) is 8.86. The van der Waals surface area contributed by atoms with E-state index >= 15 is 0 Å². The Morgan fingerprint density at radius 2 is 2.00 bits per heavy atom. The summed E-state index contributed by atoms with van der Waals surface area (Å²) in [6.07, 6.45) is 3.97. The van der Waals surface area contributed by atoms with Crippen LogP contribution < -0.4 is 0 Å². The number of nitrogens with zero attached hydrogens (tertiary/aromatic N) is 1. The van der Waals surface area contributed by atoms with E-state index < -0.39 is 11.8 Å². The number of carboxylic acids is 1. The van der Waals surface area contributed by atoms with Gasteiger partial charge >= 0.3 is 5.97 Å². The zero-order chi connectivity index (χ0) is 16.7. The average Bonchev–Trinajstić information content (AvgIpc) is 2.55. The van der Waals surface area contributed by atoms with E-state index in [4.69, 9.17) is 9.84 Å². The molecule has 0 aliphatic carbocycles. The van der Waals surface area contributed by atoms with Crippen LogP contribution in [0.2, 0.25) is 0 Å². The lowest BCUT2D eigenvalue weighted by molar-refractivity contribution is -0.138. The largest absolute Gasteiger partial charge is 0.481 e. The molecule has 0 aromatic heterocycles. The standard InChI is InChI=1S/C17H20FNO4/c18-15-4-2-1-3-13(15)5-6-16(20)19(10-7-17(21)22)14-8-11-23-12-9-14/h1-6,14H,7-12H2,(H,21,22)/b6-5+. The lowest BCUT2D eigenvalue weighted by Crippen LogP contribution is -2.43. The van der Waals surface area contributed by atoms with Crippen molar-refractivity contribution in [2.75, 3.05) is 19.8 Å². The highest BCUT2D eigenvalue weighted by atomic mass is 19.1. The van der Waals surface area contributed by atoms with Crippen LogP contribution in [-0.2, 0) is 14.3 Å². The molecule has 5 nitrogen and oxygen atoms in total. The van der Waals surface area contributed by atoms with Crippen LogP contribution in [0.25, 0.3) is 6.08 Å². The zero-order valence-corrected chi connectivity index (χ0v) is 12.8. The smallest absolute Gasteiger partial charge is 0.305 e. The molecule has 6 heteroatoms. The number of carbonyl (C=O) groups excluding carboxylic acids is 1.